The average Bonchev–Trinajstić information content (AvgIpc) is 2.93. The largest absolute Gasteiger partial charge is 0.393 e. The molecule has 33 heavy (non-hydrogen) atoms. The van der Waals surface area contributed by atoms with E-state index in [1.165, 1.54) is 12.1 Å². The van der Waals surface area contributed by atoms with Crippen LogP contribution in [0.15, 0.2) is 35.2 Å². The highest BCUT2D eigenvalue weighted by atomic mass is 35.5. The highest BCUT2D eigenvalue weighted by molar-refractivity contribution is 7.92. The number of amides is 1. The molecule has 0 heterocycles. The van der Waals surface area contributed by atoms with E-state index in [9.17, 15) is 36.6 Å². The monoisotopic (exact) mass is 503 g/mol. The first-order valence-corrected chi connectivity index (χ1v) is 12.2. The maximum Gasteiger partial charge on any atom is 0.255 e. The fourth-order valence-corrected chi connectivity index (χ4v) is 7.40. The molecule has 1 amide bonds. The van der Waals surface area contributed by atoms with E-state index in [1.54, 1.807) is 0 Å². The standard InChI is InChI=1S/C22H21ClF3NO5S/c23-16-4-1-11(21(29)27-14-8-17(24)20(26)18(25)9-14)5-19(16)33(31,32)15-6-12-2-3-13(7-15)22(12,30)10-28/h1,4-5,8-9,12-13,15,28,30H,2-3,6-7,10H2,(H,27,29)/t12-,13?,15-,22-/m0/s1. The lowest BCUT2D eigenvalue weighted by Crippen LogP contribution is -2.50. The van der Waals surface area contributed by atoms with Gasteiger partial charge in [0.05, 0.1) is 27.4 Å². The van der Waals surface area contributed by atoms with Gasteiger partial charge < -0.3 is 15.5 Å². The van der Waals surface area contributed by atoms with E-state index in [1.807, 2.05) is 0 Å². The van der Waals surface area contributed by atoms with Crippen molar-refractivity contribution in [3.8, 4) is 0 Å². The summed E-state index contributed by atoms with van der Waals surface area (Å²) < 4.78 is 66.8. The zero-order valence-electron chi connectivity index (χ0n) is 17.2. The smallest absolute Gasteiger partial charge is 0.255 e. The zero-order chi connectivity index (χ0) is 24.1. The van der Waals surface area contributed by atoms with Crippen molar-refractivity contribution in [1.29, 1.82) is 0 Å². The molecule has 4 atom stereocenters. The van der Waals surface area contributed by atoms with Crippen LogP contribution in [0.4, 0.5) is 18.9 Å². The Labute approximate surface area is 193 Å². The number of anilines is 1. The molecular weight excluding hydrogens is 483 g/mol. The third-order valence-electron chi connectivity index (χ3n) is 6.81. The van der Waals surface area contributed by atoms with Gasteiger partial charge in [0.15, 0.2) is 27.3 Å². The number of aliphatic hydroxyl groups excluding tert-OH is 1. The predicted octanol–water partition coefficient (Wildman–Crippen LogP) is 3.70. The van der Waals surface area contributed by atoms with E-state index < -0.39 is 50.7 Å². The number of rotatable bonds is 5. The molecule has 11 heteroatoms. The van der Waals surface area contributed by atoms with Gasteiger partial charge in [0.1, 0.15) is 0 Å². The lowest BCUT2D eigenvalue weighted by atomic mass is 9.75. The Morgan fingerprint density at radius 2 is 1.67 bits per heavy atom. The first kappa shape index (κ1) is 24.0. The van der Waals surface area contributed by atoms with E-state index in [2.05, 4.69) is 5.32 Å². The molecule has 2 bridgehead atoms. The van der Waals surface area contributed by atoms with Crippen molar-refractivity contribution < 1.29 is 36.6 Å². The van der Waals surface area contributed by atoms with Crippen molar-refractivity contribution in [2.45, 2.75) is 41.4 Å². The highest BCUT2D eigenvalue weighted by Crippen LogP contribution is 2.51. The van der Waals surface area contributed by atoms with Crippen LogP contribution in [-0.4, -0.2) is 42.0 Å². The fourth-order valence-electron chi connectivity index (χ4n) is 5.00. The second-order valence-corrected chi connectivity index (χ2v) is 11.2. The van der Waals surface area contributed by atoms with Crippen molar-refractivity contribution in [2.75, 3.05) is 11.9 Å². The van der Waals surface area contributed by atoms with Crippen LogP contribution in [0.25, 0.3) is 0 Å². The molecule has 2 fully saturated rings. The minimum atomic E-state index is -4.00. The fraction of sp³-hybridized carbons (Fsp3) is 0.409. The van der Waals surface area contributed by atoms with Gasteiger partial charge in [0, 0.05) is 23.4 Å². The Bertz CT molecular complexity index is 1190. The number of hydrogen-bond acceptors (Lipinski definition) is 5. The molecule has 0 saturated heterocycles. The summed E-state index contributed by atoms with van der Waals surface area (Å²) in [6.07, 6.45) is 1.51. The van der Waals surface area contributed by atoms with E-state index in [0.717, 1.165) is 6.07 Å². The van der Waals surface area contributed by atoms with Gasteiger partial charge in [-0.3, -0.25) is 4.79 Å². The third kappa shape index (κ3) is 4.14. The molecule has 0 aliphatic heterocycles. The van der Waals surface area contributed by atoms with Gasteiger partial charge in [-0.15, -0.1) is 0 Å². The van der Waals surface area contributed by atoms with Crippen LogP contribution in [-0.2, 0) is 9.84 Å². The van der Waals surface area contributed by atoms with Crippen molar-refractivity contribution in [3.05, 3.63) is 58.4 Å². The lowest BCUT2D eigenvalue weighted by molar-refractivity contribution is -0.0943. The van der Waals surface area contributed by atoms with Crippen LogP contribution in [0.2, 0.25) is 5.02 Å². The van der Waals surface area contributed by atoms with Gasteiger partial charge in [-0.05, 0) is 55.7 Å². The summed E-state index contributed by atoms with van der Waals surface area (Å²) in [5.41, 5.74) is -1.77. The van der Waals surface area contributed by atoms with E-state index >= 15 is 0 Å². The first-order chi connectivity index (χ1) is 15.5. The number of sulfone groups is 1. The third-order valence-corrected chi connectivity index (χ3v) is 9.46. The van der Waals surface area contributed by atoms with Gasteiger partial charge in [-0.25, -0.2) is 21.6 Å². The first-order valence-electron chi connectivity index (χ1n) is 10.3. The summed E-state index contributed by atoms with van der Waals surface area (Å²) in [6.45, 7) is -0.434. The summed E-state index contributed by atoms with van der Waals surface area (Å²) in [7, 11) is -4.00. The Morgan fingerprint density at radius 1 is 1.09 bits per heavy atom. The number of hydrogen-bond donors (Lipinski definition) is 3. The molecule has 178 valence electrons. The maximum atomic E-state index is 13.4. The number of carbonyl (C=O) groups excluding carboxylic acids is 1. The predicted molar refractivity (Wildman–Crippen MR) is 114 cm³/mol. The molecule has 1 unspecified atom stereocenters. The molecule has 2 aromatic carbocycles. The zero-order valence-corrected chi connectivity index (χ0v) is 18.8. The SMILES string of the molecule is O=C(Nc1cc(F)c(F)c(F)c1)c1ccc(Cl)c(S(=O)(=O)[C@@H]2CC3CC[C@@H](C2)[C@@]3(O)CO)c1. The van der Waals surface area contributed by atoms with Gasteiger partial charge in [-0.2, -0.15) is 0 Å². The molecule has 2 saturated carbocycles. The van der Waals surface area contributed by atoms with Crippen molar-refractivity contribution >= 4 is 33.0 Å². The summed E-state index contributed by atoms with van der Waals surface area (Å²) in [5.74, 6) is -6.25. The van der Waals surface area contributed by atoms with Gasteiger partial charge in [-0.1, -0.05) is 11.6 Å². The van der Waals surface area contributed by atoms with Crippen LogP contribution < -0.4 is 5.32 Å². The second kappa shape index (κ2) is 8.57. The summed E-state index contributed by atoms with van der Waals surface area (Å²) >= 11 is 6.15. The quantitative estimate of drug-likeness (QED) is 0.540. The Kier molecular flexibility index (Phi) is 6.24. The molecule has 6 nitrogen and oxygen atoms in total. The highest BCUT2D eigenvalue weighted by Gasteiger charge is 2.55. The van der Waals surface area contributed by atoms with E-state index in [4.69, 9.17) is 11.6 Å². The van der Waals surface area contributed by atoms with Crippen molar-refractivity contribution in [2.24, 2.45) is 11.8 Å². The molecule has 2 aromatic rings. The molecular formula is C22H21ClF3NO5S. The van der Waals surface area contributed by atoms with Crippen LogP contribution in [0.1, 0.15) is 36.0 Å². The van der Waals surface area contributed by atoms with Gasteiger partial charge in [0.25, 0.3) is 5.91 Å². The van der Waals surface area contributed by atoms with E-state index in [-0.39, 0.29) is 45.8 Å². The number of nitrogens with one attached hydrogen (secondary N) is 1. The van der Waals surface area contributed by atoms with Gasteiger partial charge >= 0.3 is 0 Å². The average molecular weight is 504 g/mol. The molecule has 3 N–H and O–H groups in total. The number of carbonyl (C=O) groups is 1. The summed E-state index contributed by atoms with van der Waals surface area (Å²) in [6, 6.07) is 4.77. The lowest BCUT2D eigenvalue weighted by Gasteiger charge is -2.41. The number of fused-ring (bicyclic) bond motifs is 2. The summed E-state index contributed by atoms with van der Waals surface area (Å²) in [4.78, 5) is 12.3. The molecule has 2 aliphatic rings. The minimum absolute atomic E-state index is 0.0965. The topological polar surface area (TPSA) is 104 Å². The van der Waals surface area contributed by atoms with E-state index in [0.29, 0.717) is 25.0 Å². The normalized spacial score (nSPS) is 26.9. The molecule has 0 aromatic heterocycles. The molecule has 0 radical (unpaired) electrons. The molecule has 2 aliphatic carbocycles. The maximum absolute atomic E-state index is 13.4. The molecule has 4 rings (SSSR count). The summed E-state index contributed by atoms with van der Waals surface area (Å²) in [5, 5.41) is 21.6. The van der Waals surface area contributed by atoms with Crippen LogP contribution >= 0.6 is 11.6 Å². The van der Waals surface area contributed by atoms with Crippen LogP contribution in [0.3, 0.4) is 0 Å². The van der Waals surface area contributed by atoms with Crippen LogP contribution in [0, 0.1) is 29.3 Å². The van der Waals surface area contributed by atoms with Crippen LogP contribution in [0.5, 0.6) is 0 Å². The minimum Gasteiger partial charge on any atom is -0.393 e. The molecule has 0 spiro atoms. The number of halogens is 4. The number of benzene rings is 2. The Hall–Kier alpha value is -2.14. The Balaban J connectivity index is 1.60. The van der Waals surface area contributed by atoms with Gasteiger partial charge in [0.2, 0.25) is 0 Å². The van der Waals surface area contributed by atoms with Crippen molar-refractivity contribution in [3.63, 3.8) is 0 Å². The number of aliphatic hydroxyl groups is 2. The van der Waals surface area contributed by atoms with Crippen molar-refractivity contribution in [1.82, 2.24) is 0 Å². The Morgan fingerprint density at radius 3 is 2.21 bits per heavy atom. The second-order valence-electron chi connectivity index (χ2n) is 8.61.